The van der Waals surface area contributed by atoms with Crippen molar-refractivity contribution in [3.8, 4) is 0 Å². The number of alkyl halides is 1. The van der Waals surface area contributed by atoms with Crippen LogP contribution in [0.3, 0.4) is 0 Å². The van der Waals surface area contributed by atoms with Crippen LogP contribution in [0.4, 0.5) is 0 Å². The van der Waals surface area contributed by atoms with Crippen LogP contribution in [0.25, 0.3) is 0 Å². The Hall–Kier alpha value is -0.0251. The van der Waals surface area contributed by atoms with Crippen molar-refractivity contribution in [1.82, 2.24) is 0 Å². The van der Waals surface area contributed by atoms with Crippen LogP contribution >= 0.6 is 27.5 Å². The Balaban J connectivity index is 2.27. The molecule has 1 aliphatic rings. The highest BCUT2D eigenvalue weighted by Crippen LogP contribution is 2.36. The van der Waals surface area contributed by atoms with Crippen molar-refractivity contribution in [2.45, 2.75) is 44.2 Å². The molecule has 1 aromatic carbocycles. The number of hydrogen-bond donors (Lipinski definition) is 0. The number of hydrogen-bond acceptors (Lipinski definition) is 2. The van der Waals surface area contributed by atoms with E-state index in [1.54, 1.807) is 0 Å². The van der Waals surface area contributed by atoms with Crippen LogP contribution in [0.1, 0.15) is 33.3 Å². The fourth-order valence-corrected chi connectivity index (χ4v) is 2.70. The van der Waals surface area contributed by atoms with E-state index in [4.69, 9.17) is 20.9 Å². The molecule has 0 aliphatic carbocycles. The topological polar surface area (TPSA) is 18.5 Å². The normalized spacial score (nSPS) is 21.3. The van der Waals surface area contributed by atoms with Crippen LogP contribution in [-0.4, -0.2) is 18.3 Å². The Morgan fingerprint density at radius 2 is 1.72 bits per heavy atom. The molecule has 0 amide bonds. The first-order valence-corrected chi connectivity index (χ1v) is 7.47. The summed E-state index contributed by atoms with van der Waals surface area (Å²) in [6, 6.07) is 5.92. The van der Waals surface area contributed by atoms with E-state index in [1.807, 2.05) is 45.9 Å². The zero-order chi connectivity index (χ0) is 13.6. The van der Waals surface area contributed by atoms with Gasteiger partial charge in [-0.2, -0.15) is 0 Å². The molecule has 0 bridgehead atoms. The van der Waals surface area contributed by atoms with Gasteiger partial charge in [0.1, 0.15) is 0 Å². The van der Waals surface area contributed by atoms with Gasteiger partial charge >= 0.3 is 7.12 Å². The molecule has 0 atom stereocenters. The summed E-state index contributed by atoms with van der Waals surface area (Å²) in [6.07, 6.45) is 0. The Morgan fingerprint density at radius 3 is 2.17 bits per heavy atom. The molecule has 0 saturated carbocycles. The van der Waals surface area contributed by atoms with Gasteiger partial charge in [0.25, 0.3) is 0 Å². The maximum atomic E-state index is 6.21. The second-order valence-electron chi connectivity index (χ2n) is 5.57. The van der Waals surface area contributed by atoms with Gasteiger partial charge in [0.05, 0.1) is 11.2 Å². The van der Waals surface area contributed by atoms with Crippen LogP contribution < -0.4 is 5.46 Å². The monoisotopic (exact) mass is 330 g/mol. The van der Waals surface area contributed by atoms with Crippen molar-refractivity contribution < 1.29 is 9.31 Å². The molecule has 0 aromatic heterocycles. The zero-order valence-electron chi connectivity index (χ0n) is 11.1. The summed E-state index contributed by atoms with van der Waals surface area (Å²) in [5.74, 6) is 0. The highest BCUT2D eigenvalue weighted by molar-refractivity contribution is 9.08. The summed E-state index contributed by atoms with van der Waals surface area (Å²) >= 11 is 9.61. The molecule has 1 saturated heterocycles. The lowest BCUT2D eigenvalue weighted by molar-refractivity contribution is 0.00578. The summed E-state index contributed by atoms with van der Waals surface area (Å²) in [7, 11) is -0.350. The van der Waals surface area contributed by atoms with Crippen molar-refractivity contribution >= 4 is 40.1 Å². The molecule has 0 unspecified atom stereocenters. The SMILES string of the molecule is CC1(C)OB(c2ccc(CBr)c(Cl)c2)OC1(C)C. The minimum atomic E-state index is -0.350. The molecule has 1 fully saturated rings. The Kier molecular flexibility index (Phi) is 3.85. The standard InChI is InChI=1S/C13H17BBrClO2/c1-12(2)13(3,4)18-14(17-12)10-6-5-9(8-15)11(16)7-10/h5-7H,8H2,1-4H3. The molecule has 18 heavy (non-hydrogen) atoms. The summed E-state index contributed by atoms with van der Waals surface area (Å²) in [4.78, 5) is 0. The van der Waals surface area contributed by atoms with Crippen LogP contribution in [0.5, 0.6) is 0 Å². The number of benzene rings is 1. The lowest BCUT2D eigenvalue weighted by Crippen LogP contribution is -2.41. The van der Waals surface area contributed by atoms with Gasteiger partial charge in [-0.25, -0.2) is 0 Å². The van der Waals surface area contributed by atoms with Gasteiger partial charge < -0.3 is 9.31 Å². The summed E-state index contributed by atoms with van der Waals surface area (Å²) in [5, 5.41) is 1.48. The van der Waals surface area contributed by atoms with Crippen molar-refractivity contribution in [1.29, 1.82) is 0 Å². The van der Waals surface area contributed by atoms with Gasteiger partial charge in [0.15, 0.2) is 0 Å². The van der Waals surface area contributed by atoms with Crippen LogP contribution in [0, 0.1) is 0 Å². The maximum Gasteiger partial charge on any atom is 0.494 e. The highest BCUT2D eigenvalue weighted by Gasteiger charge is 2.51. The second-order valence-corrected chi connectivity index (χ2v) is 6.54. The van der Waals surface area contributed by atoms with Crippen molar-refractivity contribution in [3.05, 3.63) is 28.8 Å². The van der Waals surface area contributed by atoms with E-state index in [1.165, 1.54) is 0 Å². The fraction of sp³-hybridized carbons (Fsp3) is 0.538. The Morgan fingerprint density at radius 1 is 1.17 bits per heavy atom. The molecule has 1 aromatic rings. The van der Waals surface area contributed by atoms with Gasteiger partial charge in [-0.3, -0.25) is 0 Å². The first kappa shape index (κ1) is 14.4. The first-order chi connectivity index (χ1) is 8.27. The van der Waals surface area contributed by atoms with E-state index in [2.05, 4.69) is 15.9 Å². The van der Waals surface area contributed by atoms with Crippen LogP contribution in [0.2, 0.25) is 5.02 Å². The lowest BCUT2D eigenvalue weighted by atomic mass is 9.79. The van der Waals surface area contributed by atoms with E-state index in [-0.39, 0.29) is 18.3 Å². The first-order valence-electron chi connectivity index (χ1n) is 5.97. The predicted molar refractivity (Wildman–Crippen MR) is 79.8 cm³/mol. The third-order valence-corrected chi connectivity index (χ3v) is 4.70. The highest BCUT2D eigenvalue weighted by atomic mass is 79.9. The van der Waals surface area contributed by atoms with Gasteiger partial charge in [-0.05, 0) is 44.8 Å². The molecule has 0 radical (unpaired) electrons. The van der Waals surface area contributed by atoms with Crippen molar-refractivity contribution in [2.24, 2.45) is 0 Å². The average molecular weight is 331 g/mol. The molecule has 1 aliphatic heterocycles. The van der Waals surface area contributed by atoms with Gasteiger partial charge in [-0.15, -0.1) is 0 Å². The minimum absolute atomic E-state index is 0.321. The maximum absolute atomic E-state index is 6.21. The molecule has 0 spiro atoms. The lowest BCUT2D eigenvalue weighted by Gasteiger charge is -2.32. The van der Waals surface area contributed by atoms with E-state index >= 15 is 0 Å². The Bertz CT molecular complexity index is 446. The third-order valence-electron chi connectivity index (χ3n) is 3.75. The molecule has 98 valence electrons. The second kappa shape index (κ2) is 4.82. The summed E-state index contributed by atoms with van der Waals surface area (Å²) in [6.45, 7) is 8.17. The summed E-state index contributed by atoms with van der Waals surface area (Å²) in [5.41, 5.74) is 1.39. The van der Waals surface area contributed by atoms with E-state index in [0.717, 1.165) is 21.4 Å². The third kappa shape index (κ3) is 2.48. The molecule has 2 nitrogen and oxygen atoms in total. The molecular formula is C13H17BBrClO2. The van der Waals surface area contributed by atoms with Crippen molar-refractivity contribution in [3.63, 3.8) is 0 Å². The van der Waals surface area contributed by atoms with Gasteiger partial charge in [0, 0.05) is 10.4 Å². The molecule has 1 heterocycles. The largest absolute Gasteiger partial charge is 0.494 e. The average Bonchev–Trinajstić information content (AvgIpc) is 2.48. The van der Waals surface area contributed by atoms with E-state index in [0.29, 0.717) is 0 Å². The van der Waals surface area contributed by atoms with E-state index < -0.39 is 0 Å². The van der Waals surface area contributed by atoms with Gasteiger partial charge in [-0.1, -0.05) is 39.7 Å². The minimum Gasteiger partial charge on any atom is -0.399 e. The van der Waals surface area contributed by atoms with Gasteiger partial charge in [0.2, 0.25) is 0 Å². The quantitative estimate of drug-likeness (QED) is 0.610. The molecule has 0 N–H and O–H groups in total. The molecular weight excluding hydrogens is 314 g/mol. The van der Waals surface area contributed by atoms with E-state index in [9.17, 15) is 0 Å². The Labute approximate surface area is 122 Å². The zero-order valence-corrected chi connectivity index (χ0v) is 13.4. The number of rotatable bonds is 2. The number of halogens is 2. The molecule has 5 heteroatoms. The fourth-order valence-electron chi connectivity index (χ4n) is 1.80. The van der Waals surface area contributed by atoms with Crippen LogP contribution in [-0.2, 0) is 14.6 Å². The molecule has 2 rings (SSSR count). The summed E-state index contributed by atoms with van der Waals surface area (Å²) < 4.78 is 12.0. The van der Waals surface area contributed by atoms with Crippen molar-refractivity contribution in [2.75, 3.05) is 0 Å². The smallest absolute Gasteiger partial charge is 0.399 e. The predicted octanol–water partition coefficient (Wildman–Crippen LogP) is 3.53. The van der Waals surface area contributed by atoms with Crippen LogP contribution in [0.15, 0.2) is 18.2 Å².